The van der Waals surface area contributed by atoms with Crippen molar-refractivity contribution in [1.29, 1.82) is 0 Å². The second kappa shape index (κ2) is 6.32. The molecule has 104 valence electrons. The van der Waals surface area contributed by atoms with Crippen LogP contribution < -0.4 is 5.73 Å². The lowest BCUT2D eigenvalue weighted by Gasteiger charge is -2.14. The van der Waals surface area contributed by atoms with Gasteiger partial charge in [-0.3, -0.25) is 0 Å². The topological polar surface area (TPSA) is 63.4 Å². The van der Waals surface area contributed by atoms with Gasteiger partial charge in [0.15, 0.2) is 0 Å². The number of allylic oxidation sites excluding steroid dienone is 1. The van der Waals surface area contributed by atoms with E-state index >= 15 is 0 Å². The van der Waals surface area contributed by atoms with E-state index in [4.69, 9.17) is 5.73 Å². The second-order valence-electron chi connectivity index (χ2n) is 4.85. The van der Waals surface area contributed by atoms with Gasteiger partial charge in [0.25, 0.3) is 0 Å². The van der Waals surface area contributed by atoms with Gasteiger partial charge >= 0.3 is 0 Å². The number of rotatable bonds is 5. The van der Waals surface area contributed by atoms with E-state index in [2.05, 4.69) is 0 Å². The fraction of sp³-hybridized carbons (Fsp3) is 0.429. The van der Waals surface area contributed by atoms with Gasteiger partial charge in [-0.1, -0.05) is 42.5 Å². The van der Waals surface area contributed by atoms with Gasteiger partial charge in [0.1, 0.15) is 0 Å². The first-order valence-electron chi connectivity index (χ1n) is 6.50. The van der Waals surface area contributed by atoms with Crippen LogP contribution in [0.5, 0.6) is 0 Å². The minimum absolute atomic E-state index is 0.0110. The molecule has 0 radical (unpaired) electrons. The van der Waals surface area contributed by atoms with Gasteiger partial charge < -0.3 is 5.73 Å². The molecule has 1 aromatic rings. The predicted octanol–water partition coefficient (Wildman–Crippen LogP) is 1.15. The van der Waals surface area contributed by atoms with E-state index in [0.717, 1.165) is 12.8 Å². The summed E-state index contributed by atoms with van der Waals surface area (Å²) in [6.07, 6.45) is 5.15. The van der Waals surface area contributed by atoms with Crippen LogP contribution in [0.3, 0.4) is 0 Å². The molecule has 0 bridgehead atoms. The summed E-state index contributed by atoms with van der Waals surface area (Å²) in [5.41, 5.74) is 6.91. The highest BCUT2D eigenvalue weighted by atomic mass is 32.2. The highest BCUT2D eigenvalue weighted by Gasteiger charge is 2.28. The number of sulfonamides is 1. The van der Waals surface area contributed by atoms with Crippen molar-refractivity contribution < 1.29 is 8.42 Å². The van der Waals surface area contributed by atoms with Crippen LogP contribution in [0, 0.1) is 0 Å². The summed E-state index contributed by atoms with van der Waals surface area (Å²) < 4.78 is 25.5. The summed E-state index contributed by atoms with van der Waals surface area (Å²) in [5.74, 6) is 0.0621. The number of nitrogens with zero attached hydrogens (tertiary/aromatic N) is 1. The zero-order chi connectivity index (χ0) is 13.7. The van der Waals surface area contributed by atoms with Crippen molar-refractivity contribution in [1.82, 2.24) is 4.31 Å². The van der Waals surface area contributed by atoms with Crippen molar-refractivity contribution in [3.8, 4) is 0 Å². The Bertz CT molecular complexity index is 526. The summed E-state index contributed by atoms with van der Waals surface area (Å²) in [4.78, 5) is 0. The molecule has 4 nitrogen and oxygen atoms in total. The molecule has 1 fully saturated rings. The highest BCUT2D eigenvalue weighted by Crippen LogP contribution is 2.12. The van der Waals surface area contributed by atoms with Gasteiger partial charge in [-0.25, -0.2) is 12.7 Å². The molecule has 5 heteroatoms. The smallest absolute Gasteiger partial charge is 0.217 e. The van der Waals surface area contributed by atoms with Gasteiger partial charge in [-0.05, 0) is 18.4 Å². The molecule has 0 aromatic heterocycles. The maximum Gasteiger partial charge on any atom is 0.217 e. The third-order valence-corrected chi connectivity index (χ3v) is 4.98. The van der Waals surface area contributed by atoms with Crippen molar-refractivity contribution in [2.45, 2.75) is 18.9 Å². The lowest BCUT2D eigenvalue weighted by molar-refractivity contribution is 0.475. The SMILES string of the molecule is NC1CCN(S(=O)(=O)CC=CCc2ccccc2)C1. The molecule has 2 rings (SSSR count). The first-order valence-corrected chi connectivity index (χ1v) is 8.11. The quantitative estimate of drug-likeness (QED) is 0.823. The van der Waals surface area contributed by atoms with E-state index in [1.165, 1.54) is 9.87 Å². The van der Waals surface area contributed by atoms with Gasteiger partial charge in [-0.2, -0.15) is 0 Å². The molecule has 1 aliphatic heterocycles. The largest absolute Gasteiger partial charge is 0.326 e. The monoisotopic (exact) mass is 280 g/mol. The van der Waals surface area contributed by atoms with E-state index in [0.29, 0.717) is 13.1 Å². The number of benzene rings is 1. The minimum atomic E-state index is -3.18. The molecule has 1 aromatic carbocycles. The van der Waals surface area contributed by atoms with E-state index in [-0.39, 0.29) is 11.8 Å². The minimum Gasteiger partial charge on any atom is -0.326 e. The first-order chi connectivity index (χ1) is 9.08. The summed E-state index contributed by atoms with van der Waals surface area (Å²) in [7, 11) is -3.18. The Morgan fingerprint density at radius 1 is 1.26 bits per heavy atom. The Kier molecular flexibility index (Phi) is 4.74. The lowest BCUT2D eigenvalue weighted by atomic mass is 10.1. The van der Waals surface area contributed by atoms with Crippen LogP contribution in [0.1, 0.15) is 12.0 Å². The molecule has 1 atom stereocenters. The number of hydrogen-bond donors (Lipinski definition) is 1. The van der Waals surface area contributed by atoms with E-state index in [1.54, 1.807) is 6.08 Å². The van der Waals surface area contributed by atoms with Crippen molar-refractivity contribution >= 4 is 10.0 Å². The van der Waals surface area contributed by atoms with Crippen LogP contribution in [-0.2, 0) is 16.4 Å². The first kappa shape index (κ1) is 14.2. The molecule has 1 unspecified atom stereocenters. The third-order valence-electron chi connectivity index (χ3n) is 3.25. The number of nitrogens with two attached hydrogens (primary N) is 1. The summed E-state index contributed by atoms with van der Waals surface area (Å²) in [5, 5.41) is 0. The molecule has 0 amide bonds. The molecule has 0 spiro atoms. The van der Waals surface area contributed by atoms with Gasteiger partial charge in [0, 0.05) is 19.1 Å². The van der Waals surface area contributed by atoms with Crippen LogP contribution in [0.15, 0.2) is 42.5 Å². The molecule has 1 aliphatic rings. The normalized spacial score (nSPS) is 21.2. The van der Waals surface area contributed by atoms with Crippen LogP contribution in [0.25, 0.3) is 0 Å². The van der Waals surface area contributed by atoms with Crippen molar-refractivity contribution in [2.75, 3.05) is 18.8 Å². The van der Waals surface area contributed by atoms with Crippen LogP contribution >= 0.6 is 0 Å². The maximum atomic E-state index is 12.0. The Morgan fingerprint density at radius 3 is 2.63 bits per heavy atom. The van der Waals surface area contributed by atoms with Gasteiger partial charge in [-0.15, -0.1) is 0 Å². The van der Waals surface area contributed by atoms with Crippen molar-refractivity contribution in [3.63, 3.8) is 0 Å². The Labute approximate surface area is 115 Å². The van der Waals surface area contributed by atoms with E-state index in [1.807, 2.05) is 36.4 Å². The van der Waals surface area contributed by atoms with Crippen molar-refractivity contribution in [2.24, 2.45) is 5.73 Å². The van der Waals surface area contributed by atoms with Crippen LogP contribution in [0.2, 0.25) is 0 Å². The molecular formula is C14H20N2O2S. The fourth-order valence-electron chi connectivity index (χ4n) is 2.14. The average molecular weight is 280 g/mol. The molecular weight excluding hydrogens is 260 g/mol. The molecule has 0 saturated carbocycles. The van der Waals surface area contributed by atoms with Crippen LogP contribution in [-0.4, -0.2) is 37.6 Å². The maximum absolute atomic E-state index is 12.0. The van der Waals surface area contributed by atoms with Crippen LogP contribution in [0.4, 0.5) is 0 Å². The second-order valence-corrected chi connectivity index (χ2v) is 6.86. The van der Waals surface area contributed by atoms with Crippen molar-refractivity contribution in [3.05, 3.63) is 48.0 Å². The Balaban J connectivity index is 1.84. The molecule has 2 N–H and O–H groups in total. The molecule has 1 saturated heterocycles. The zero-order valence-electron chi connectivity index (χ0n) is 10.9. The lowest BCUT2D eigenvalue weighted by Crippen LogP contribution is -2.33. The van der Waals surface area contributed by atoms with Gasteiger partial charge in [0.2, 0.25) is 10.0 Å². The fourth-order valence-corrected chi connectivity index (χ4v) is 3.53. The summed E-state index contributed by atoms with van der Waals surface area (Å²) >= 11 is 0. The number of hydrogen-bond acceptors (Lipinski definition) is 3. The van der Waals surface area contributed by atoms with E-state index in [9.17, 15) is 8.42 Å². The summed E-state index contributed by atoms with van der Waals surface area (Å²) in [6, 6.07) is 9.96. The molecule has 1 heterocycles. The molecule has 0 aliphatic carbocycles. The highest BCUT2D eigenvalue weighted by molar-refractivity contribution is 7.89. The summed E-state index contributed by atoms with van der Waals surface area (Å²) in [6.45, 7) is 1.00. The predicted molar refractivity (Wildman–Crippen MR) is 77.2 cm³/mol. The van der Waals surface area contributed by atoms with E-state index < -0.39 is 10.0 Å². The Hall–Kier alpha value is -1.17. The molecule has 19 heavy (non-hydrogen) atoms. The Morgan fingerprint density at radius 2 is 2.00 bits per heavy atom. The zero-order valence-corrected chi connectivity index (χ0v) is 11.7. The van der Waals surface area contributed by atoms with Gasteiger partial charge in [0.05, 0.1) is 5.75 Å². The standard InChI is InChI=1S/C14H20N2O2S/c15-14-9-10-16(12-14)19(17,18)11-5-4-8-13-6-2-1-3-7-13/h1-7,14H,8-12,15H2. The third kappa shape index (κ3) is 4.16. The average Bonchev–Trinajstić information content (AvgIpc) is 2.84.